The summed E-state index contributed by atoms with van der Waals surface area (Å²) in [5.74, 6) is -0.807. The molecule has 0 amide bonds. The van der Waals surface area contributed by atoms with Crippen LogP contribution < -0.4 is 5.32 Å². The summed E-state index contributed by atoms with van der Waals surface area (Å²) in [6, 6.07) is 10.1. The van der Waals surface area contributed by atoms with Crippen molar-refractivity contribution >= 4 is 5.78 Å². The van der Waals surface area contributed by atoms with Gasteiger partial charge in [-0.15, -0.1) is 0 Å². The van der Waals surface area contributed by atoms with Crippen molar-refractivity contribution in [1.82, 2.24) is 10.2 Å². The van der Waals surface area contributed by atoms with Gasteiger partial charge in [-0.25, -0.2) is 0 Å². The maximum absolute atomic E-state index is 12.1. The highest BCUT2D eigenvalue weighted by Gasteiger charge is 2.62. The van der Waals surface area contributed by atoms with Gasteiger partial charge in [0.25, 0.3) is 5.91 Å². The lowest BCUT2D eigenvalue weighted by atomic mass is 9.67. The Morgan fingerprint density at radius 3 is 2.40 bits per heavy atom. The van der Waals surface area contributed by atoms with Gasteiger partial charge in [-0.2, -0.15) is 0 Å². The van der Waals surface area contributed by atoms with Crippen LogP contribution in [0.3, 0.4) is 0 Å². The molecule has 0 radical (unpaired) electrons. The SMILES string of the molecule is CC(=O)CCCN1CCC(NC2(C(O)(c3ccccc3)C3CCC3)OCCO2)CC1. The van der Waals surface area contributed by atoms with Gasteiger partial charge in [0.05, 0.1) is 13.2 Å². The first-order valence-corrected chi connectivity index (χ1v) is 11.6. The average molecular weight is 417 g/mol. The number of hydrogen-bond donors (Lipinski definition) is 2. The molecule has 30 heavy (non-hydrogen) atoms. The summed E-state index contributed by atoms with van der Waals surface area (Å²) in [6.07, 6.45) is 6.64. The van der Waals surface area contributed by atoms with Gasteiger partial charge in [0.2, 0.25) is 0 Å². The molecule has 166 valence electrons. The Bertz CT molecular complexity index is 694. The Balaban J connectivity index is 1.46. The summed E-state index contributed by atoms with van der Waals surface area (Å²) in [4.78, 5) is 13.6. The number of rotatable bonds is 9. The number of hydrogen-bond acceptors (Lipinski definition) is 6. The zero-order valence-corrected chi connectivity index (χ0v) is 18.1. The minimum Gasteiger partial charge on any atom is -0.378 e. The standard InChI is InChI=1S/C24H36N2O4/c1-19(27)7-6-14-26-15-12-22(13-16-26)25-24(29-17-18-30-24)23(28,21-10-5-11-21)20-8-3-2-4-9-20/h2-4,8-9,21-22,25,28H,5-7,10-18H2,1H3. The molecule has 1 aliphatic carbocycles. The van der Waals surface area contributed by atoms with Crippen molar-refractivity contribution in [2.45, 2.75) is 69.4 Å². The molecule has 6 nitrogen and oxygen atoms in total. The molecule has 2 aliphatic heterocycles. The summed E-state index contributed by atoms with van der Waals surface area (Å²) >= 11 is 0. The molecule has 3 aliphatic rings. The summed E-state index contributed by atoms with van der Waals surface area (Å²) < 4.78 is 12.4. The Morgan fingerprint density at radius 2 is 1.83 bits per heavy atom. The minimum absolute atomic E-state index is 0.122. The number of carbonyl (C=O) groups excluding carboxylic acids is 1. The number of ether oxygens (including phenoxy) is 2. The molecule has 0 spiro atoms. The van der Waals surface area contributed by atoms with Crippen LogP contribution in [0.25, 0.3) is 0 Å². The van der Waals surface area contributed by atoms with Crippen molar-refractivity contribution in [2.24, 2.45) is 5.92 Å². The van der Waals surface area contributed by atoms with Crippen molar-refractivity contribution in [3.63, 3.8) is 0 Å². The highest BCUT2D eigenvalue weighted by atomic mass is 16.8. The quantitative estimate of drug-likeness (QED) is 0.645. The zero-order valence-electron chi connectivity index (χ0n) is 18.1. The van der Waals surface area contributed by atoms with E-state index in [1.807, 2.05) is 30.3 Å². The Hall–Kier alpha value is -1.31. The highest BCUT2D eigenvalue weighted by Crippen LogP contribution is 2.51. The van der Waals surface area contributed by atoms with E-state index in [0.717, 1.165) is 63.7 Å². The lowest BCUT2D eigenvalue weighted by Crippen LogP contribution is -2.68. The fourth-order valence-electron chi connectivity index (χ4n) is 5.16. The number of Topliss-reactive ketones (excluding diaryl/α,β-unsaturated/α-hetero) is 1. The molecule has 1 aromatic rings. The van der Waals surface area contributed by atoms with E-state index < -0.39 is 11.5 Å². The van der Waals surface area contributed by atoms with Crippen molar-refractivity contribution < 1.29 is 19.4 Å². The first-order chi connectivity index (χ1) is 14.5. The topological polar surface area (TPSA) is 71.0 Å². The number of nitrogens with one attached hydrogen (secondary N) is 1. The number of benzene rings is 1. The molecular formula is C24H36N2O4. The van der Waals surface area contributed by atoms with Crippen LogP contribution in [-0.4, -0.2) is 60.6 Å². The van der Waals surface area contributed by atoms with Crippen LogP contribution in [0.2, 0.25) is 0 Å². The van der Waals surface area contributed by atoms with Gasteiger partial charge in [0.15, 0.2) is 5.60 Å². The molecule has 2 heterocycles. The first-order valence-electron chi connectivity index (χ1n) is 11.6. The predicted molar refractivity (Wildman–Crippen MR) is 115 cm³/mol. The van der Waals surface area contributed by atoms with E-state index in [1.54, 1.807) is 6.92 Å². The number of nitrogens with zero attached hydrogens (tertiary/aromatic N) is 1. The van der Waals surface area contributed by atoms with Gasteiger partial charge in [0, 0.05) is 12.5 Å². The van der Waals surface area contributed by atoms with Gasteiger partial charge in [0.1, 0.15) is 5.78 Å². The van der Waals surface area contributed by atoms with Crippen molar-refractivity contribution in [3.05, 3.63) is 35.9 Å². The summed E-state index contributed by atoms with van der Waals surface area (Å²) in [5, 5.41) is 15.8. The first kappa shape index (κ1) is 21.9. The molecule has 1 atom stereocenters. The average Bonchev–Trinajstić information content (AvgIpc) is 3.18. The number of carbonyl (C=O) groups is 1. The lowest BCUT2D eigenvalue weighted by molar-refractivity contribution is -0.322. The fraction of sp³-hybridized carbons (Fsp3) is 0.708. The number of likely N-dealkylation sites (tertiary alicyclic amines) is 1. The van der Waals surface area contributed by atoms with E-state index >= 15 is 0 Å². The molecule has 3 fully saturated rings. The van der Waals surface area contributed by atoms with Crippen molar-refractivity contribution in [2.75, 3.05) is 32.8 Å². The van der Waals surface area contributed by atoms with Gasteiger partial charge in [-0.3, -0.25) is 5.32 Å². The Kier molecular flexibility index (Phi) is 6.90. The van der Waals surface area contributed by atoms with Crippen LogP contribution in [0, 0.1) is 5.92 Å². The maximum Gasteiger partial charge on any atom is 0.262 e. The largest absolute Gasteiger partial charge is 0.378 e. The predicted octanol–water partition coefficient (Wildman–Crippen LogP) is 2.80. The molecular weight excluding hydrogens is 380 g/mol. The second-order valence-electron chi connectivity index (χ2n) is 9.14. The maximum atomic E-state index is 12.1. The van der Waals surface area contributed by atoms with E-state index in [9.17, 15) is 9.90 Å². The molecule has 4 rings (SSSR count). The minimum atomic E-state index is -1.21. The summed E-state index contributed by atoms with van der Waals surface area (Å²) in [7, 11) is 0. The molecule has 0 bridgehead atoms. The van der Waals surface area contributed by atoms with Gasteiger partial charge in [-0.05, 0) is 70.1 Å². The normalized spacial score (nSPS) is 25.0. The van der Waals surface area contributed by atoms with Crippen LogP contribution in [0.4, 0.5) is 0 Å². The number of piperidine rings is 1. The molecule has 6 heteroatoms. The third-order valence-corrected chi connectivity index (χ3v) is 7.09. The second-order valence-corrected chi connectivity index (χ2v) is 9.14. The molecule has 0 aromatic heterocycles. The highest BCUT2D eigenvalue weighted by molar-refractivity contribution is 5.75. The van der Waals surface area contributed by atoms with E-state index in [-0.39, 0.29) is 17.7 Å². The van der Waals surface area contributed by atoms with Crippen LogP contribution in [-0.2, 0) is 19.9 Å². The van der Waals surface area contributed by atoms with Crippen LogP contribution in [0.5, 0.6) is 0 Å². The van der Waals surface area contributed by atoms with E-state index in [0.29, 0.717) is 19.6 Å². The summed E-state index contributed by atoms with van der Waals surface area (Å²) in [5.41, 5.74) is -0.340. The zero-order chi connectivity index (χ0) is 21.0. The number of aliphatic hydroxyl groups is 1. The third kappa shape index (κ3) is 4.34. The molecule has 2 saturated heterocycles. The van der Waals surface area contributed by atoms with E-state index in [1.165, 1.54) is 0 Å². The van der Waals surface area contributed by atoms with Gasteiger partial charge < -0.3 is 24.3 Å². The van der Waals surface area contributed by atoms with Crippen LogP contribution >= 0.6 is 0 Å². The molecule has 1 unspecified atom stereocenters. The fourth-order valence-corrected chi connectivity index (χ4v) is 5.16. The molecule has 1 aromatic carbocycles. The van der Waals surface area contributed by atoms with Gasteiger partial charge in [-0.1, -0.05) is 36.8 Å². The molecule has 1 saturated carbocycles. The lowest BCUT2D eigenvalue weighted by Gasteiger charge is -2.52. The second kappa shape index (κ2) is 9.45. The molecule has 2 N–H and O–H groups in total. The summed E-state index contributed by atoms with van der Waals surface area (Å²) in [6.45, 7) is 5.57. The van der Waals surface area contributed by atoms with E-state index in [4.69, 9.17) is 9.47 Å². The Morgan fingerprint density at radius 1 is 1.17 bits per heavy atom. The van der Waals surface area contributed by atoms with Crippen molar-refractivity contribution in [3.8, 4) is 0 Å². The monoisotopic (exact) mass is 416 g/mol. The smallest absolute Gasteiger partial charge is 0.262 e. The van der Waals surface area contributed by atoms with Gasteiger partial charge >= 0.3 is 0 Å². The number of ketones is 1. The van der Waals surface area contributed by atoms with Crippen molar-refractivity contribution in [1.29, 1.82) is 0 Å². The third-order valence-electron chi connectivity index (χ3n) is 7.09. The Labute approximate surface area is 179 Å². The van der Waals surface area contributed by atoms with E-state index in [2.05, 4.69) is 10.2 Å². The van der Waals surface area contributed by atoms with Crippen LogP contribution in [0.15, 0.2) is 30.3 Å². The van der Waals surface area contributed by atoms with Crippen LogP contribution in [0.1, 0.15) is 57.4 Å².